The van der Waals surface area contributed by atoms with Crippen LogP contribution in [0, 0.1) is 5.41 Å². The number of aliphatic imine (C=N–C) groups is 1. The van der Waals surface area contributed by atoms with E-state index in [0.717, 1.165) is 62.9 Å². The third-order valence-corrected chi connectivity index (χ3v) is 8.18. The monoisotopic (exact) mass is 485 g/mol. The van der Waals surface area contributed by atoms with E-state index in [1.165, 1.54) is 6.42 Å². The number of hydrogen-bond acceptors (Lipinski definition) is 8. The highest BCUT2D eigenvalue weighted by atomic mass is 16.6. The van der Waals surface area contributed by atoms with Gasteiger partial charge in [-0.25, -0.2) is 14.8 Å². The summed E-state index contributed by atoms with van der Waals surface area (Å²) in [6.45, 7) is 1.59. The SMILES string of the molecule is CNCC1(COC(=O)C2(OCC3CC(=O)N4NC(C5=CC=CCC5)=NC4N3)CCCCC2)CCC1. The zero-order chi connectivity index (χ0) is 24.3. The van der Waals surface area contributed by atoms with E-state index in [9.17, 15) is 9.59 Å². The van der Waals surface area contributed by atoms with Crippen molar-refractivity contribution in [3.63, 3.8) is 0 Å². The Morgan fingerprint density at radius 1 is 1.23 bits per heavy atom. The first-order valence-electron chi connectivity index (χ1n) is 13.3. The van der Waals surface area contributed by atoms with Crippen molar-refractivity contribution in [2.24, 2.45) is 10.4 Å². The smallest absolute Gasteiger partial charge is 0.338 e. The molecule has 0 aromatic rings. The summed E-state index contributed by atoms with van der Waals surface area (Å²) in [6.07, 6.45) is 15.6. The van der Waals surface area contributed by atoms with Gasteiger partial charge in [-0.05, 0) is 64.0 Å². The highest BCUT2D eigenvalue weighted by Gasteiger charge is 2.46. The Labute approximate surface area is 207 Å². The van der Waals surface area contributed by atoms with E-state index in [-0.39, 0.29) is 29.9 Å². The Morgan fingerprint density at radius 2 is 2.06 bits per heavy atom. The molecule has 1 saturated heterocycles. The first-order valence-corrected chi connectivity index (χ1v) is 13.3. The van der Waals surface area contributed by atoms with Crippen LogP contribution >= 0.6 is 0 Å². The number of carbonyl (C=O) groups is 2. The first kappa shape index (κ1) is 24.5. The van der Waals surface area contributed by atoms with Gasteiger partial charge in [-0.3, -0.25) is 15.5 Å². The van der Waals surface area contributed by atoms with Gasteiger partial charge in [0.2, 0.25) is 5.91 Å². The molecule has 0 radical (unpaired) electrons. The van der Waals surface area contributed by atoms with Gasteiger partial charge >= 0.3 is 5.97 Å². The molecule has 2 saturated carbocycles. The van der Waals surface area contributed by atoms with Gasteiger partial charge in [0.25, 0.3) is 0 Å². The average molecular weight is 486 g/mol. The molecular weight excluding hydrogens is 446 g/mol. The number of allylic oxidation sites excluding steroid dienone is 3. The number of hydrazine groups is 1. The fraction of sp³-hybridized carbons (Fsp3) is 0.731. The van der Waals surface area contributed by atoms with Gasteiger partial charge in [0, 0.05) is 24.4 Å². The fourth-order valence-electron chi connectivity index (χ4n) is 5.90. The largest absolute Gasteiger partial charge is 0.463 e. The Hall–Kier alpha value is -2.23. The molecule has 9 heteroatoms. The highest BCUT2D eigenvalue weighted by Crippen LogP contribution is 2.41. The zero-order valence-corrected chi connectivity index (χ0v) is 20.8. The van der Waals surface area contributed by atoms with Crippen molar-refractivity contribution in [2.75, 3.05) is 26.8 Å². The number of fused-ring (bicyclic) bond motifs is 1. The lowest BCUT2D eigenvalue weighted by molar-refractivity contribution is -0.184. The number of ether oxygens (including phenoxy) is 2. The maximum absolute atomic E-state index is 13.3. The summed E-state index contributed by atoms with van der Waals surface area (Å²) in [7, 11) is 1.95. The lowest BCUT2D eigenvalue weighted by Crippen LogP contribution is -2.61. The van der Waals surface area contributed by atoms with Crippen LogP contribution in [-0.4, -0.2) is 67.5 Å². The minimum atomic E-state index is -0.910. The minimum Gasteiger partial charge on any atom is -0.463 e. The summed E-state index contributed by atoms with van der Waals surface area (Å²) < 4.78 is 12.3. The molecule has 0 spiro atoms. The lowest BCUT2D eigenvalue weighted by atomic mass is 9.69. The van der Waals surface area contributed by atoms with Crippen LogP contribution in [0.3, 0.4) is 0 Å². The summed E-state index contributed by atoms with van der Waals surface area (Å²) in [4.78, 5) is 30.9. The number of hydrogen-bond donors (Lipinski definition) is 3. The van der Waals surface area contributed by atoms with Crippen molar-refractivity contribution in [2.45, 2.75) is 88.6 Å². The number of amides is 1. The summed E-state index contributed by atoms with van der Waals surface area (Å²) in [5.74, 6) is 0.497. The van der Waals surface area contributed by atoms with Crippen LogP contribution in [0.1, 0.15) is 70.6 Å². The molecule has 0 aromatic heterocycles. The second-order valence-electron chi connectivity index (χ2n) is 10.8. The Balaban J connectivity index is 1.20. The third-order valence-electron chi connectivity index (χ3n) is 8.18. The third kappa shape index (κ3) is 5.17. The van der Waals surface area contributed by atoms with Crippen molar-refractivity contribution in [1.82, 2.24) is 21.1 Å². The normalized spacial score (nSPS) is 28.9. The standard InChI is InChI=1S/C26H39N5O4/c1-27-17-25(11-8-12-25)18-34-23(33)26(13-6-3-7-14-26)35-16-20-15-21(32)31-24(28-20)29-22(30-31)19-9-4-2-5-10-19/h2,4,9,20,24,27-28H,3,5-8,10-18H2,1H3,(H,29,30). The molecule has 35 heavy (non-hydrogen) atoms. The number of nitrogens with zero attached hydrogens (tertiary/aromatic N) is 2. The summed E-state index contributed by atoms with van der Waals surface area (Å²) in [5.41, 5.74) is 3.43. The second kappa shape index (κ2) is 10.4. The van der Waals surface area contributed by atoms with E-state index in [2.05, 4.69) is 22.1 Å². The van der Waals surface area contributed by atoms with E-state index in [1.807, 2.05) is 19.2 Å². The molecular formula is C26H39N5O4. The van der Waals surface area contributed by atoms with Crippen LogP contribution in [0.2, 0.25) is 0 Å². The summed E-state index contributed by atoms with van der Waals surface area (Å²) in [5, 5.41) is 8.24. The second-order valence-corrected chi connectivity index (χ2v) is 10.8. The van der Waals surface area contributed by atoms with Crippen LogP contribution in [-0.2, 0) is 19.1 Å². The van der Waals surface area contributed by atoms with Gasteiger partial charge in [-0.2, -0.15) is 0 Å². The fourth-order valence-corrected chi connectivity index (χ4v) is 5.90. The van der Waals surface area contributed by atoms with E-state index >= 15 is 0 Å². The quantitative estimate of drug-likeness (QED) is 0.431. The van der Waals surface area contributed by atoms with Crippen molar-refractivity contribution in [3.8, 4) is 0 Å². The number of nitrogens with one attached hydrogen (secondary N) is 3. The lowest BCUT2D eigenvalue weighted by Gasteiger charge is -2.43. The van der Waals surface area contributed by atoms with Gasteiger partial charge in [-0.1, -0.05) is 31.1 Å². The maximum Gasteiger partial charge on any atom is 0.338 e. The van der Waals surface area contributed by atoms with Gasteiger partial charge in [0.15, 0.2) is 11.9 Å². The van der Waals surface area contributed by atoms with E-state index in [4.69, 9.17) is 14.5 Å². The van der Waals surface area contributed by atoms with Gasteiger partial charge in [-0.15, -0.1) is 0 Å². The molecule has 9 nitrogen and oxygen atoms in total. The number of esters is 1. The number of amidine groups is 1. The van der Waals surface area contributed by atoms with E-state index in [0.29, 0.717) is 25.9 Å². The zero-order valence-electron chi connectivity index (χ0n) is 20.8. The Bertz CT molecular complexity index is 903. The Kier molecular flexibility index (Phi) is 7.27. The molecule has 2 atom stereocenters. The van der Waals surface area contributed by atoms with Crippen molar-refractivity contribution < 1.29 is 19.1 Å². The van der Waals surface area contributed by atoms with Crippen molar-refractivity contribution in [1.29, 1.82) is 0 Å². The van der Waals surface area contributed by atoms with E-state index < -0.39 is 11.9 Å². The molecule has 2 aliphatic heterocycles. The molecule has 192 valence electrons. The maximum atomic E-state index is 13.3. The molecule has 0 bridgehead atoms. The molecule has 0 aromatic carbocycles. The molecule has 3 aliphatic carbocycles. The van der Waals surface area contributed by atoms with Crippen LogP contribution < -0.4 is 16.1 Å². The van der Waals surface area contributed by atoms with Gasteiger partial charge in [0.1, 0.15) is 5.84 Å². The predicted molar refractivity (Wildman–Crippen MR) is 132 cm³/mol. The molecule has 3 fully saturated rings. The number of rotatable bonds is 9. The van der Waals surface area contributed by atoms with Gasteiger partial charge in [0.05, 0.1) is 13.2 Å². The molecule has 2 unspecified atom stereocenters. The van der Waals surface area contributed by atoms with E-state index in [1.54, 1.807) is 5.01 Å². The molecule has 5 rings (SSSR count). The summed E-state index contributed by atoms with van der Waals surface area (Å²) >= 11 is 0. The Morgan fingerprint density at radius 3 is 2.74 bits per heavy atom. The van der Waals surface area contributed by atoms with Crippen LogP contribution in [0.5, 0.6) is 0 Å². The first-order chi connectivity index (χ1) is 17.0. The van der Waals surface area contributed by atoms with Crippen molar-refractivity contribution in [3.05, 3.63) is 23.8 Å². The minimum absolute atomic E-state index is 0.0210. The van der Waals surface area contributed by atoms with Crippen LogP contribution in [0.4, 0.5) is 0 Å². The molecule has 5 aliphatic rings. The van der Waals surface area contributed by atoms with Crippen LogP contribution in [0.15, 0.2) is 28.8 Å². The van der Waals surface area contributed by atoms with Gasteiger partial charge < -0.3 is 14.8 Å². The highest BCUT2D eigenvalue weighted by molar-refractivity contribution is 6.01. The average Bonchev–Trinajstić information content (AvgIpc) is 3.30. The molecule has 2 heterocycles. The van der Waals surface area contributed by atoms with Crippen molar-refractivity contribution >= 4 is 17.7 Å². The molecule has 1 amide bonds. The summed E-state index contributed by atoms with van der Waals surface area (Å²) in [6, 6.07) is -0.206. The molecule has 3 N–H and O–H groups in total. The predicted octanol–water partition coefficient (Wildman–Crippen LogP) is 2.31. The van der Waals surface area contributed by atoms with Crippen LogP contribution in [0.25, 0.3) is 0 Å². The topological polar surface area (TPSA) is 104 Å². The number of carbonyl (C=O) groups excluding carboxylic acids is 2.